The molecule has 1 rings (SSSR count). The maximum absolute atomic E-state index is 11.2. The summed E-state index contributed by atoms with van der Waals surface area (Å²) in [4.78, 5) is 24.8. The summed E-state index contributed by atoms with van der Waals surface area (Å²) in [7, 11) is 0. The molecule has 64 valence electrons. The van der Waals surface area contributed by atoms with Crippen LogP contribution in [0, 0.1) is 0 Å². The lowest BCUT2D eigenvalue weighted by molar-refractivity contribution is 0.0980. The third-order valence-corrected chi connectivity index (χ3v) is 1.60. The molecular formula is C9H11NO2. The number of nitrogens with one attached hydrogen (secondary N) is 1. The zero-order valence-electron chi connectivity index (χ0n) is 6.96. The Morgan fingerprint density at radius 1 is 1.58 bits per heavy atom. The average Bonchev–Trinajstić information content (AvgIpc) is 2.05. The van der Waals surface area contributed by atoms with Gasteiger partial charge in [-0.25, -0.2) is 0 Å². The second-order valence-corrected chi connectivity index (χ2v) is 2.59. The number of pyridine rings is 1. The Kier molecular flexibility index (Phi) is 2.80. The van der Waals surface area contributed by atoms with E-state index in [1.807, 2.05) is 6.92 Å². The summed E-state index contributed by atoms with van der Waals surface area (Å²) in [6.07, 6.45) is 2.73. The van der Waals surface area contributed by atoms with E-state index in [1.165, 1.54) is 6.20 Å². The summed E-state index contributed by atoms with van der Waals surface area (Å²) in [5.74, 6) is -0.0839. The van der Waals surface area contributed by atoms with Crippen LogP contribution in [0.5, 0.6) is 0 Å². The third-order valence-electron chi connectivity index (χ3n) is 1.60. The van der Waals surface area contributed by atoms with Crippen LogP contribution in [-0.4, -0.2) is 10.8 Å². The molecule has 0 radical (unpaired) electrons. The van der Waals surface area contributed by atoms with E-state index in [9.17, 15) is 9.59 Å². The monoisotopic (exact) mass is 165 g/mol. The first-order valence-corrected chi connectivity index (χ1v) is 3.96. The minimum absolute atomic E-state index is 0.0839. The van der Waals surface area contributed by atoms with E-state index in [0.717, 1.165) is 6.42 Å². The smallest absolute Gasteiger partial charge is 0.258 e. The van der Waals surface area contributed by atoms with Crippen LogP contribution >= 0.6 is 0 Å². The Morgan fingerprint density at radius 3 is 2.92 bits per heavy atom. The van der Waals surface area contributed by atoms with Crippen LogP contribution in [-0.2, 0) is 0 Å². The fraction of sp³-hybridized carbons (Fsp3) is 0.333. The molecule has 1 heterocycles. The van der Waals surface area contributed by atoms with E-state index in [1.54, 1.807) is 12.1 Å². The molecule has 0 amide bonds. The van der Waals surface area contributed by atoms with Crippen LogP contribution in [0.15, 0.2) is 23.1 Å². The Labute approximate surface area is 70.4 Å². The largest absolute Gasteiger partial charge is 0.328 e. The number of ketones is 1. The Balaban J connectivity index is 2.95. The van der Waals surface area contributed by atoms with Crippen molar-refractivity contribution in [3.63, 3.8) is 0 Å². The number of aromatic nitrogens is 1. The van der Waals surface area contributed by atoms with Crippen molar-refractivity contribution in [3.8, 4) is 0 Å². The fourth-order valence-electron chi connectivity index (χ4n) is 1.00. The van der Waals surface area contributed by atoms with Gasteiger partial charge < -0.3 is 4.98 Å². The fourth-order valence-corrected chi connectivity index (χ4v) is 1.00. The van der Waals surface area contributed by atoms with Crippen molar-refractivity contribution in [1.29, 1.82) is 0 Å². The van der Waals surface area contributed by atoms with Crippen LogP contribution in [0.2, 0.25) is 0 Å². The molecule has 0 spiro atoms. The van der Waals surface area contributed by atoms with Crippen LogP contribution in [0.4, 0.5) is 0 Å². The SMILES string of the molecule is CCCC(=O)c1ccc[nH]c1=O. The van der Waals surface area contributed by atoms with Gasteiger partial charge in [0.1, 0.15) is 0 Å². The normalized spacial score (nSPS) is 9.75. The van der Waals surface area contributed by atoms with E-state index >= 15 is 0 Å². The second kappa shape index (κ2) is 3.85. The number of hydrogen-bond acceptors (Lipinski definition) is 2. The molecule has 0 atom stereocenters. The number of carbonyl (C=O) groups is 1. The van der Waals surface area contributed by atoms with Crippen LogP contribution in [0.3, 0.4) is 0 Å². The van der Waals surface area contributed by atoms with E-state index in [0.29, 0.717) is 6.42 Å². The lowest BCUT2D eigenvalue weighted by Gasteiger charge is -1.95. The standard InChI is InChI=1S/C9H11NO2/c1-2-4-8(11)7-5-3-6-10-9(7)12/h3,5-6H,2,4H2,1H3,(H,10,12). The predicted octanol–water partition coefficient (Wildman–Crippen LogP) is 1.36. The highest BCUT2D eigenvalue weighted by atomic mass is 16.1. The van der Waals surface area contributed by atoms with Gasteiger partial charge in [0.05, 0.1) is 5.56 Å². The van der Waals surface area contributed by atoms with Gasteiger partial charge in [-0.1, -0.05) is 6.92 Å². The highest BCUT2D eigenvalue weighted by Crippen LogP contribution is 1.98. The predicted molar refractivity (Wildman–Crippen MR) is 46.3 cm³/mol. The topological polar surface area (TPSA) is 49.9 Å². The van der Waals surface area contributed by atoms with Gasteiger partial charge in [-0.3, -0.25) is 9.59 Å². The molecule has 0 aliphatic heterocycles. The first-order valence-electron chi connectivity index (χ1n) is 3.96. The summed E-state index contributed by atoms with van der Waals surface area (Å²) in [5.41, 5.74) is -0.0321. The number of hydrogen-bond donors (Lipinski definition) is 1. The van der Waals surface area contributed by atoms with Crippen LogP contribution in [0.1, 0.15) is 30.1 Å². The number of carbonyl (C=O) groups excluding carboxylic acids is 1. The molecule has 3 nitrogen and oxygen atoms in total. The van der Waals surface area contributed by atoms with Crippen molar-refractivity contribution < 1.29 is 4.79 Å². The van der Waals surface area contributed by atoms with Gasteiger partial charge in [0, 0.05) is 12.6 Å². The number of rotatable bonds is 3. The molecule has 0 fully saturated rings. The van der Waals surface area contributed by atoms with Gasteiger partial charge in [-0.2, -0.15) is 0 Å². The number of Topliss-reactive ketones (excluding diaryl/α,β-unsaturated/α-hetero) is 1. The minimum Gasteiger partial charge on any atom is -0.328 e. The average molecular weight is 165 g/mol. The molecule has 0 aliphatic carbocycles. The summed E-state index contributed by atoms with van der Waals surface area (Å²) >= 11 is 0. The highest BCUT2D eigenvalue weighted by Gasteiger charge is 2.06. The summed E-state index contributed by atoms with van der Waals surface area (Å²) in [6, 6.07) is 3.21. The minimum atomic E-state index is -0.295. The zero-order valence-corrected chi connectivity index (χ0v) is 6.96. The molecule has 0 bridgehead atoms. The molecule has 0 aromatic carbocycles. The van der Waals surface area contributed by atoms with E-state index in [2.05, 4.69) is 4.98 Å². The Morgan fingerprint density at radius 2 is 2.33 bits per heavy atom. The first-order chi connectivity index (χ1) is 5.75. The molecule has 1 aromatic rings. The van der Waals surface area contributed by atoms with E-state index in [-0.39, 0.29) is 16.9 Å². The van der Waals surface area contributed by atoms with Crippen molar-refractivity contribution >= 4 is 5.78 Å². The molecule has 0 saturated heterocycles. The molecule has 3 heteroatoms. The molecule has 12 heavy (non-hydrogen) atoms. The van der Waals surface area contributed by atoms with Crippen LogP contribution in [0.25, 0.3) is 0 Å². The maximum atomic E-state index is 11.2. The Hall–Kier alpha value is -1.38. The molecule has 0 aliphatic rings. The van der Waals surface area contributed by atoms with Gasteiger partial charge in [0.15, 0.2) is 5.78 Å². The lowest BCUT2D eigenvalue weighted by atomic mass is 10.1. The molecular weight excluding hydrogens is 154 g/mol. The van der Waals surface area contributed by atoms with Crippen molar-refractivity contribution in [3.05, 3.63) is 34.2 Å². The van der Waals surface area contributed by atoms with Crippen molar-refractivity contribution in [2.45, 2.75) is 19.8 Å². The van der Waals surface area contributed by atoms with Gasteiger partial charge in [0.25, 0.3) is 5.56 Å². The van der Waals surface area contributed by atoms with E-state index in [4.69, 9.17) is 0 Å². The van der Waals surface area contributed by atoms with Crippen molar-refractivity contribution in [2.24, 2.45) is 0 Å². The van der Waals surface area contributed by atoms with Crippen molar-refractivity contribution in [1.82, 2.24) is 4.98 Å². The maximum Gasteiger partial charge on any atom is 0.258 e. The molecule has 0 unspecified atom stereocenters. The zero-order chi connectivity index (χ0) is 8.97. The molecule has 0 saturated carbocycles. The van der Waals surface area contributed by atoms with Gasteiger partial charge in [-0.15, -0.1) is 0 Å². The Bertz CT molecular complexity index is 327. The summed E-state index contributed by atoms with van der Waals surface area (Å²) < 4.78 is 0. The third kappa shape index (κ3) is 1.81. The quantitative estimate of drug-likeness (QED) is 0.687. The summed E-state index contributed by atoms with van der Waals surface area (Å²) in [5, 5.41) is 0. The number of H-pyrrole nitrogens is 1. The molecule has 1 N–H and O–H groups in total. The van der Waals surface area contributed by atoms with Gasteiger partial charge >= 0.3 is 0 Å². The van der Waals surface area contributed by atoms with Crippen molar-refractivity contribution in [2.75, 3.05) is 0 Å². The lowest BCUT2D eigenvalue weighted by Crippen LogP contribution is -2.16. The second-order valence-electron chi connectivity index (χ2n) is 2.59. The van der Waals surface area contributed by atoms with E-state index < -0.39 is 0 Å². The molecule has 1 aromatic heterocycles. The van der Waals surface area contributed by atoms with Gasteiger partial charge in [0.2, 0.25) is 0 Å². The van der Waals surface area contributed by atoms with Gasteiger partial charge in [-0.05, 0) is 18.6 Å². The number of aromatic amines is 1. The highest BCUT2D eigenvalue weighted by molar-refractivity contribution is 5.95. The van der Waals surface area contributed by atoms with Crippen LogP contribution < -0.4 is 5.56 Å². The first kappa shape index (κ1) is 8.71. The summed E-state index contributed by atoms with van der Waals surface area (Å²) in [6.45, 7) is 1.91.